The van der Waals surface area contributed by atoms with E-state index in [1.165, 1.54) is 19.3 Å². The highest BCUT2D eigenvalue weighted by atomic mass is 16.2. The molecule has 0 radical (unpaired) electrons. The van der Waals surface area contributed by atoms with Crippen LogP contribution >= 0.6 is 0 Å². The van der Waals surface area contributed by atoms with Gasteiger partial charge in [-0.25, -0.2) is 9.99 Å². The van der Waals surface area contributed by atoms with E-state index in [0.717, 1.165) is 22.3 Å². The minimum atomic E-state index is -0.334. The zero-order valence-electron chi connectivity index (χ0n) is 16.4. The van der Waals surface area contributed by atoms with Gasteiger partial charge < -0.3 is 10.6 Å². The van der Waals surface area contributed by atoms with Crippen LogP contribution in [0.1, 0.15) is 45.1 Å². The number of rotatable bonds is 10. The van der Waals surface area contributed by atoms with Gasteiger partial charge in [-0.3, -0.25) is 9.59 Å². The van der Waals surface area contributed by atoms with Crippen molar-refractivity contribution in [3.63, 3.8) is 0 Å². The maximum absolute atomic E-state index is 12.0. The number of amides is 2. The highest BCUT2D eigenvalue weighted by molar-refractivity contribution is 6.08. The highest BCUT2D eigenvalue weighted by Gasteiger charge is 2.56. The van der Waals surface area contributed by atoms with Crippen molar-refractivity contribution >= 4 is 23.8 Å². The summed E-state index contributed by atoms with van der Waals surface area (Å²) in [5.41, 5.74) is 2.20. The molecule has 3 aliphatic rings. The Morgan fingerprint density at radius 2 is 2.18 bits per heavy atom. The molecule has 7 nitrogen and oxygen atoms in total. The van der Waals surface area contributed by atoms with Gasteiger partial charge in [0.05, 0.1) is 5.71 Å². The second kappa shape index (κ2) is 8.37. The number of nitrogens with one attached hydrogen (secondary N) is 2. The van der Waals surface area contributed by atoms with E-state index < -0.39 is 0 Å². The Kier molecular flexibility index (Phi) is 5.92. The molecule has 1 aromatic heterocycles. The Hall–Kier alpha value is -2.96. The zero-order chi connectivity index (χ0) is 20.1. The lowest BCUT2D eigenvalue weighted by atomic mass is 9.50. The van der Waals surface area contributed by atoms with Crippen LogP contribution in [0.4, 0.5) is 5.82 Å². The van der Waals surface area contributed by atoms with Crippen LogP contribution in [0.2, 0.25) is 0 Å². The first kappa shape index (κ1) is 19.8. The van der Waals surface area contributed by atoms with Gasteiger partial charge >= 0.3 is 0 Å². The SMILES string of the molecule is C=C(CC)NC(=O)CN(C=O)/N=C(\C=C/C)c1ccc(NC23CC(C2)C3)nc1. The standard InChI is InChI=1S/C21H27N5O2/c1-4-6-18(25-26(14-27)13-20(28)23-15(3)5-2)17-7-8-19(22-12-17)24-21-9-16(10-21)11-21/h4,6-8,12,14,16H,3,5,9-11,13H2,1-2H3,(H,22,24)(H,23,28)/b6-4-,25-18+. The van der Waals surface area contributed by atoms with Crippen LogP contribution in [-0.4, -0.2) is 40.1 Å². The number of nitrogens with zero attached hydrogens (tertiary/aromatic N) is 3. The number of allylic oxidation sites excluding steroid dienone is 3. The molecular weight excluding hydrogens is 354 g/mol. The van der Waals surface area contributed by atoms with Crippen molar-refractivity contribution in [3.05, 3.63) is 48.3 Å². The Morgan fingerprint density at radius 3 is 2.68 bits per heavy atom. The van der Waals surface area contributed by atoms with Gasteiger partial charge in [0.25, 0.3) is 0 Å². The van der Waals surface area contributed by atoms with E-state index in [9.17, 15) is 9.59 Å². The van der Waals surface area contributed by atoms with Crippen LogP contribution in [0.5, 0.6) is 0 Å². The molecule has 148 valence electrons. The fraction of sp³-hybridized carbons (Fsp3) is 0.429. The highest BCUT2D eigenvalue weighted by Crippen LogP contribution is 2.58. The van der Waals surface area contributed by atoms with Crippen LogP contribution in [0.3, 0.4) is 0 Å². The molecule has 4 rings (SSSR count). The molecule has 2 bridgehead atoms. The topological polar surface area (TPSA) is 86.7 Å². The van der Waals surface area contributed by atoms with Gasteiger partial charge in [0.1, 0.15) is 12.4 Å². The Bertz CT molecular complexity index is 796. The van der Waals surface area contributed by atoms with Crippen LogP contribution in [0.15, 0.2) is 47.9 Å². The third-order valence-corrected chi connectivity index (χ3v) is 5.22. The molecule has 0 atom stereocenters. The van der Waals surface area contributed by atoms with Crippen LogP contribution in [0, 0.1) is 5.92 Å². The smallest absolute Gasteiger partial charge is 0.245 e. The minimum absolute atomic E-state index is 0.180. The first-order valence-electron chi connectivity index (χ1n) is 9.62. The van der Waals surface area contributed by atoms with Crippen molar-refractivity contribution in [2.45, 2.75) is 45.1 Å². The lowest BCUT2D eigenvalue weighted by Crippen LogP contribution is -2.63. The summed E-state index contributed by atoms with van der Waals surface area (Å²) in [7, 11) is 0. The summed E-state index contributed by atoms with van der Waals surface area (Å²) in [6.45, 7) is 7.31. The first-order chi connectivity index (χ1) is 13.5. The molecule has 3 fully saturated rings. The molecule has 2 N–H and O–H groups in total. The summed E-state index contributed by atoms with van der Waals surface area (Å²) >= 11 is 0. The summed E-state index contributed by atoms with van der Waals surface area (Å²) in [6.07, 6.45) is 10.2. The molecular formula is C21H27N5O2. The Balaban J connectivity index is 1.68. The molecule has 3 aliphatic carbocycles. The van der Waals surface area contributed by atoms with E-state index in [4.69, 9.17) is 0 Å². The minimum Gasteiger partial charge on any atom is -0.365 e. The number of aromatic nitrogens is 1. The van der Waals surface area contributed by atoms with Crippen molar-refractivity contribution < 1.29 is 9.59 Å². The van der Waals surface area contributed by atoms with E-state index in [1.807, 2.05) is 32.1 Å². The predicted octanol–water partition coefficient (Wildman–Crippen LogP) is 2.82. The predicted molar refractivity (Wildman–Crippen MR) is 110 cm³/mol. The summed E-state index contributed by atoms with van der Waals surface area (Å²) in [6, 6.07) is 3.85. The quantitative estimate of drug-likeness (QED) is 0.371. The van der Waals surface area contributed by atoms with Crippen molar-refractivity contribution in [2.24, 2.45) is 11.0 Å². The first-order valence-corrected chi connectivity index (χ1v) is 9.62. The number of hydrazone groups is 1. The van der Waals surface area contributed by atoms with E-state index in [1.54, 1.807) is 12.3 Å². The van der Waals surface area contributed by atoms with Crippen LogP contribution in [0.25, 0.3) is 0 Å². The summed E-state index contributed by atoms with van der Waals surface area (Å²) < 4.78 is 0. The molecule has 0 saturated heterocycles. The average molecular weight is 381 g/mol. The van der Waals surface area contributed by atoms with Gasteiger partial charge in [0, 0.05) is 23.0 Å². The molecule has 0 unspecified atom stereocenters. The second-order valence-electron chi connectivity index (χ2n) is 7.51. The number of hydrogen-bond donors (Lipinski definition) is 2. The molecule has 0 aromatic carbocycles. The lowest BCUT2D eigenvalue weighted by molar-refractivity contribution is -0.127. The summed E-state index contributed by atoms with van der Waals surface area (Å²) in [4.78, 5) is 27.9. The number of carbonyl (C=O) groups is 2. The van der Waals surface area contributed by atoms with Gasteiger partial charge in [-0.15, -0.1) is 0 Å². The van der Waals surface area contributed by atoms with Gasteiger partial charge in [-0.2, -0.15) is 5.10 Å². The maximum Gasteiger partial charge on any atom is 0.245 e. The van der Waals surface area contributed by atoms with Gasteiger partial charge in [0.2, 0.25) is 12.3 Å². The summed E-state index contributed by atoms with van der Waals surface area (Å²) in [5.74, 6) is 1.42. The van der Waals surface area contributed by atoms with Crippen LogP contribution < -0.4 is 10.6 Å². The van der Waals surface area contributed by atoms with E-state index >= 15 is 0 Å². The van der Waals surface area contributed by atoms with Gasteiger partial charge in [0.15, 0.2) is 0 Å². The number of carbonyl (C=O) groups excluding carboxylic acids is 2. The van der Waals surface area contributed by atoms with Crippen molar-refractivity contribution in [1.29, 1.82) is 0 Å². The van der Waals surface area contributed by atoms with Gasteiger partial charge in [-0.1, -0.05) is 19.6 Å². The molecule has 1 heterocycles. The molecule has 0 spiro atoms. The Morgan fingerprint density at radius 1 is 1.43 bits per heavy atom. The number of hydrogen-bond acceptors (Lipinski definition) is 5. The monoisotopic (exact) mass is 381 g/mol. The maximum atomic E-state index is 12.0. The van der Waals surface area contributed by atoms with Crippen molar-refractivity contribution in [3.8, 4) is 0 Å². The lowest BCUT2D eigenvalue weighted by Gasteiger charge is -2.62. The zero-order valence-corrected chi connectivity index (χ0v) is 16.4. The molecule has 2 amide bonds. The number of anilines is 1. The van der Waals surface area contributed by atoms with Crippen molar-refractivity contribution in [2.75, 3.05) is 11.9 Å². The summed E-state index contributed by atoms with van der Waals surface area (Å²) in [5, 5.41) is 11.5. The fourth-order valence-electron chi connectivity index (χ4n) is 3.57. The van der Waals surface area contributed by atoms with E-state index in [0.29, 0.717) is 24.2 Å². The largest absolute Gasteiger partial charge is 0.365 e. The van der Waals surface area contributed by atoms with Gasteiger partial charge in [-0.05, 0) is 56.7 Å². The van der Waals surface area contributed by atoms with E-state index in [-0.39, 0.29) is 18.0 Å². The molecule has 7 heteroatoms. The average Bonchev–Trinajstić information content (AvgIpc) is 2.63. The normalized spacial score (nSPS) is 22.8. The number of pyridine rings is 1. The molecule has 3 saturated carbocycles. The molecule has 28 heavy (non-hydrogen) atoms. The third-order valence-electron chi connectivity index (χ3n) is 5.22. The van der Waals surface area contributed by atoms with Crippen LogP contribution in [-0.2, 0) is 9.59 Å². The second-order valence-corrected chi connectivity index (χ2v) is 7.51. The fourth-order valence-corrected chi connectivity index (χ4v) is 3.57. The van der Waals surface area contributed by atoms with Crippen molar-refractivity contribution in [1.82, 2.24) is 15.3 Å². The van der Waals surface area contributed by atoms with E-state index in [2.05, 4.69) is 27.3 Å². The molecule has 0 aliphatic heterocycles. The third kappa shape index (κ3) is 4.47. The molecule has 1 aromatic rings. The Labute approximate surface area is 165 Å².